The van der Waals surface area contributed by atoms with Gasteiger partial charge in [-0.05, 0) is 62.4 Å². The summed E-state index contributed by atoms with van der Waals surface area (Å²) in [4.78, 5) is 12.2. The van der Waals surface area contributed by atoms with Gasteiger partial charge in [-0.2, -0.15) is 0 Å². The van der Waals surface area contributed by atoms with E-state index in [9.17, 15) is 4.79 Å². The van der Waals surface area contributed by atoms with Gasteiger partial charge in [0.25, 0.3) is 5.91 Å². The molecule has 28 heavy (non-hydrogen) atoms. The van der Waals surface area contributed by atoms with E-state index in [-0.39, 0.29) is 36.4 Å². The van der Waals surface area contributed by atoms with Gasteiger partial charge >= 0.3 is 0 Å². The van der Waals surface area contributed by atoms with Gasteiger partial charge in [0.1, 0.15) is 5.75 Å². The fraction of sp³-hybridized carbons (Fsp3) is 0.409. The zero-order chi connectivity index (χ0) is 19.3. The molecule has 1 aliphatic carbocycles. The van der Waals surface area contributed by atoms with Crippen molar-refractivity contribution in [3.63, 3.8) is 0 Å². The molecule has 0 radical (unpaired) electrons. The second kappa shape index (κ2) is 10.1. The summed E-state index contributed by atoms with van der Waals surface area (Å²) in [6, 6.07) is 15.8. The van der Waals surface area contributed by atoms with Crippen molar-refractivity contribution in [3.8, 4) is 5.75 Å². The second-order valence-corrected chi connectivity index (χ2v) is 7.87. The maximum absolute atomic E-state index is 12.2. The van der Waals surface area contributed by atoms with Gasteiger partial charge in [-0.3, -0.25) is 4.79 Å². The lowest BCUT2D eigenvalue weighted by Crippen LogP contribution is -2.46. The number of nitrogens with two attached hydrogens (primary N) is 1. The number of carbonyl (C=O) groups excluding carboxylic acids is 1. The van der Waals surface area contributed by atoms with Gasteiger partial charge in [0.05, 0.1) is 0 Å². The number of aryl methyl sites for hydroxylation is 1. The summed E-state index contributed by atoms with van der Waals surface area (Å²) in [5.74, 6) is 0.631. The van der Waals surface area contributed by atoms with Crippen LogP contribution < -0.4 is 15.8 Å². The lowest BCUT2D eigenvalue weighted by molar-refractivity contribution is -0.124. The lowest BCUT2D eigenvalue weighted by atomic mass is 9.68. The molecule has 152 valence electrons. The summed E-state index contributed by atoms with van der Waals surface area (Å²) < 4.78 is 5.56. The fourth-order valence-electron chi connectivity index (χ4n) is 3.80. The van der Waals surface area contributed by atoms with E-state index in [0.717, 1.165) is 36.3 Å². The first kappa shape index (κ1) is 22.5. The van der Waals surface area contributed by atoms with E-state index in [0.29, 0.717) is 12.3 Å². The first-order valence-corrected chi connectivity index (χ1v) is 9.83. The maximum Gasteiger partial charge on any atom is 0.258 e. The van der Waals surface area contributed by atoms with Crippen LogP contribution in [0.5, 0.6) is 5.75 Å². The topological polar surface area (TPSA) is 64.3 Å². The molecule has 0 aliphatic heterocycles. The molecule has 0 bridgehead atoms. The molecule has 3 N–H and O–H groups in total. The van der Waals surface area contributed by atoms with E-state index in [1.54, 1.807) is 0 Å². The summed E-state index contributed by atoms with van der Waals surface area (Å²) in [6.07, 6.45) is 3.68. The third-order valence-corrected chi connectivity index (χ3v) is 5.76. The molecule has 0 saturated heterocycles. The molecule has 2 aromatic rings. The van der Waals surface area contributed by atoms with Crippen LogP contribution in [0.2, 0.25) is 5.02 Å². The van der Waals surface area contributed by atoms with Crippen LogP contribution in [-0.2, 0) is 10.2 Å². The van der Waals surface area contributed by atoms with E-state index in [1.807, 2.05) is 49.4 Å². The Morgan fingerprint density at radius 1 is 1.21 bits per heavy atom. The second-order valence-electron chi connectivity index (χ2n) is 7.44. The summed E-state index contributed by atoms with van der Waals surface area (Å²) in [5, 5.41) is 3.83. The number of halogens is 2. The molecule has 4 nitrogen and oxygen atoms in total. The van der Waals surface area contributed by atoms with E-state index in [2.05, 4.69) is 11.4 Å². The van der Waals surface area contributed by atoms with Crippen molar-refractivity contribution in [3.05, 3.63) is 64.7 Å². The number of nitrogens with one attached hydrogen (secondary N) is 1. The predicted octanol–water partition coefficient (Wildman–Crippen LogP) is 4.40. The van der Waals surface area contributed by atoms with Crippen molar-refractivity contribution in [2.45, 2.75) is 44.1 Å². The standard InChI is InChI=1S/C22H27ClN2O2.ClH/c1-16-5-7-20(8-6-16)27-14-21(26)25-19-9-11-22(15-24,12-10-19)17-3-2-4-18(23)13-17;/h2-8,13,19H,9-12,14-15,24H2,1H3,(H,25,26);1H. The van der Waals surface area contributed by atoms with Crippen LogP contribution >= 0.6 is 24.0 Å². The van der Waals surface area contributed by atoms with Crippen molar-refractivity contribution < 1.29 is 9.53 Å². The van der Waals surface area contributed by atoms with Crippen LogP contribution in [-0.4, -0.2) is 25.1 Å². The molecule has 0 spiro atoms. The molecular formula is C22H28Cl2N2O2. The Kier molecular flexibility index (Phi) is 8.17. The molecule has 0 atom stereocenters. The smallest absolute Gasteiger partial charge is 0.258 e. The number of carbonyl (C=O) groups is 1. The van der Waals surface area contributed by atoms with E-state index < -0.39 is 0 Å². The van der Waals surface area contributed by atoms with Crippen LogP contribution in [0.3, 0.4) is 0 Å². The zero-order valence-corrected chi connectivity index (χ0v) is 17.7. The molecule has 0 unspecified atom stereocenters. The van der Waals surface area contributed by atoms with E-state index in [4.69, 9.17) is 22.1 Å². The number of benzene rings is 2. The Balaban J connectivity index is 0.00000280. The van der Waals surface area contributed by atoms with Crippen molar-refractivity contribution in [1.29, 1.82) is 0 Å². The average Bonchev–Trinajstić information content (AvgIpc) is 2.68. The molecule has 0 heterocycles. The quantitative estimate of drug-likeness (QED) is 0.724. The monoisotopic (exact) mass is 422 g/mol. The number of hydrogen-bond acceptors (Lipinski definition) is 3. The van der Waals surface area contributed by atoms with E-state index >= 15 is 0 Å². The Bertz CT molecular complexity index is 772. The SMILES string of the molecule is Cc1ccc(OCC(=O)NC2CCC(CN)(c3cccc(Cl)c3)CC2)cc1.Cl. The minimum atomic E-state index is -0.0800. The molecule has 0 aromatic heterocycles. The Morgan fingerprint density at radius 2 is 1.89 bits per heavy atom. The van der Waals surface area contributed by atoms with Crippen LogP contribution in [0.15, 0.2) is 48.5 Å². The summed E-state index contributed by atoms with van der Waals surface area (Å²) in [5.41, 5.74) is 8.45. The summed E-state index contributed by atoms with van der Waals surface area (Å²) in [7, 11) is 0. The maximum atomic E-state index is 12.2. The average molecular weight is 423 g/mol. The van der Waals surface area contributed by atoms with E-state index in [1.165, 1.54) is 5.56 Å². The van der Waals surface area contributed by atoms with Crippen molar-refractivity contribution in [1.82, 2.24) is 5.32 Å². The van der Waals surface area contributed by atoms with Crippen LogP contribution in [0.4, 0.5) is 0 Å². The molecular weight excluding hydrogens is 395 g/mol. The molecule has 6 heteroatoms. The third kappa shape index (κ3) is 5.63. The minimum absolute atomic E-state index is 0. The highest BCUT2D eigenvalue weighted by molar-refractivity contribution is 6.30. The van der Waals surface area contributed by atoms with Gasteiger partial charge in [-0.1, -0.05) is 41.4 Å². The van der Waals surface area contributed by atoms with Gasteiger partial charge in [0.2, 0.25) is 0 Å². The third-order valence-electron chi connectivity index (χ3n) is 5.53. The first-order chi connectivity index (χ1) is 13.0. The van der Waals surface area contributed by atoms with Crippen molar-refractivity contribution in [2.75, 3.05) is 13.2 Å². The number of rotatable bonds is 6. The largest absolute Gasteiger partial charge is 0.484 e. The number of amides is 1. The Morgan fingerprint density at radius 3 is 2.50 bits per heavy atom. The first-order valence-electron chi connectivity index (χ1n) is 9.46. The number of ether oxygens (including phenoxy) is 1. The Labute approximate surface area is 178 Å². The molecule has 1 aliphatic rings. The zero-order valence-electron chi connectivity index (χ0n) is 16.1. The van der Waals surface area contributed by atoms with Gasteiger partial charge in [0.15, 0.2) is 6.61 Å². The highest BCUT2D eigenvalue weighted by atomic mass is 35.5. The lowest BCUT2D eigenvalue weighted by Gasteiger charge is -2.40. The predicted molar refractivity (Wildman–Crippen MR) is 117 cm³/mol. The molecule has 1 saturated carbocycles. The van der Waals surface area contributed by atoms with Gasteiger partial charge in [0, 0.05) is 23.0 Å². The van der Waals surface area contributed by atoms with Gasteiger partial charge < -0.3 is 15.8 Å². The minimum Gasteiger partial charge on any atom is -0.484 e. The van der Waals surface area contributed by atoms with Crippen molar-refractivity contribution in [2.24, 2.45) is 5.73 Å². The normalized spacial score (nSPS) is 21.5. The molecule has 2 aromatic carbocycles. The molecule has 1 amide bonds. The molecule has 1 fully saturated rings. The van der Waals surface area contributed by atoms with Gasteiger partial charge in [-0.25, -0.2) is 0 Å². The van der Waals surface area contributed by atoms with Crippen molar-refractivity contribution >= 4 is 29.9 Å². The highest BCUT2D eigenvalue weighted by Crippen LogP contribution is 2.39. The molecule has 3 rings (SSSR count). The fourth-order valence-corrected chi connectivity index (χ4v) is 3.99. The van der Waals surface area contributed by atoms with Crippen LogP contribution in [0, 0.1) is 6.92 Å². The van der Waals surface area contributed by atoms with Crippen LogP contribution in [0.1, 0.15) is 36.8 Å². The van der Waals surface area contributed by atoms with Gasteiger partial charge in [-0.15, -0.1) is 12.4 Å². The highest BCUT2D eigenvalue weighted by Gasteiger charge is 2.36. The van der Waals surface area contributed by atoms with Crippen LogP contribution in [0.25, 0.3) is 0 Å². The number of hydrogen-bond donors (Lipinski definition) is 2. The summed E-state index contributed by atoms with van der Waals surface area (Å²) in [6.45, 7) is 2.64. The Hall–Kier alpha value is -1.75. The summed E-state index contributed by atoms with van der Waals surface area (Å²) >= 11 is 6.16.